The van der Waals surface area contributed by atoms with Gasteiger partial charge < -0.3 is 0 Å². The molecule has 5 heteroatoms. The Balaban J connectivity index is 1.98. The quantitative estimate of drug-likeness (QED) is 0.730. The Hall–Kier alpha value is -1.16. The van der Waals surface area contributed by atoms with E-state index in [2.05, 4.69) is 22.0 Å². The van der Waals surface area contributed by atoms with E-state index in [0.717, 1.165) is 17.0 Å². The number of aromatic nitrogens is 4. The van der Waals surface area contributed by atoms with Crippen molar-refractivity contribution in [2.75, 3.05) is 0 Å². The largest absolute Gasteiger partial charge is 0.244 e. The van der Waals surface area contributed by atoms with Gasteiger partial charge >= 0.3 is 0 Å². The summed E-state index contributed by atoms with van der Waals surface area (Å²) in [6.45, 7) is 2.32. The monoisotopic (exact) mass is 250 g/mol. The second kappa shape index (κ2) is 4.26. The van der Waals surface area contributed by atoms with Crippen molar-refractivity contribution in [3.63, 3.8) is 0 Å². The van der Waals surface area contributed by atoms with Crippen molar-refractivity contribution in [1.82, 2.24) is 19.7 Å². The van der Waals surface area contributed by atoms with Crippen LogP contribution < -0.4 is 0 Å². The van der Waals surface area contributed by atoms with Crippen LogP contribution in [0.5, 0.6) is 0 Å². The van der Waals surface area contributed by atoms with Crippen LogP contribution in [0.15, 0.2) is 12.5 Å². The molecule has 1 saturated carbocycles. The highest BCUT2D eigenvalue weighted by Crippen LogP contribution is 2.33. The van der Waals surface area contributed by atoms with E-state index in [4.69, 9.17) is 11.6 Å². The molecular formula is C12H15ClN4. The lowest BCUT2D eigenvalue weighted by atomic mass is 9.87. The van der Waals surface area contributed by atoms with Crippen LogP contribution in [0.2, 0.25) is 5.15 Å². The van der Waals surface area contributed by atoms with Gasteiger partial charge in [0, 0.05) is 0 Å². The highest BCUT2D eigenvalue weighted by Gasteiger charge is 2.22. The number of rotatable bonds is 1. The number of hydrogen-bond donors (Lipinski definition) is 0. The topological polar surface area (TPSA) is 43.6 Å². The van der Waals surface area contributed by atoms with Gasteiger partial charge in [-0.05, 0) is 31.6 Å². The fourth-order valence-corrected chi connectivity index (χ4v) is 2.76. The van der Waals surface area contributed by atoms with Crippen LogP contribution in [-0.2, 0) is 0 Å². The summed E-state index contributed by atoms with van der Waals surface area (Å²) in [5.41, 5.74) is 0.865. The molecule has 2 aromatic heterocycles. The van der Waals surface area contributed by atoms with Crippen molar-refractivity contribution in [2.24, 2.45) is 5.92 Å². The first-order chi connectivity index (χ1) is 8.25. The molecule has 0 saturated heterocycles. The van der Waals surface area contributed by atoms with Gasteiger partial charge in [-0.15, -0.1) is 0 Å². The number of hydrogen-bond acceptors (Lipinski definition) is 3. The van der Waals surface area contributed by atoms with Crippen molar-refractivity contribution in [1.29, 1.82) is 0 Å². The van der Waals surface area contributed by atoms with Crippen LogP contribution in [0.4, 0.5) is 0 Å². The van der Waals surface area contributed by atoms with E-state index < -0.39 is 0 Å². The van der Waals surface area contributed by atoms with Crippen LogP contribution in [0.1, 0.15) is 38.6 Å². The molecule has 2 heterocycles. The highest BCUT2D eigenvalue weighted by molar-refractivity contribution is 6.33. The minimum Gasteiger partial charge on any atom is -0.244 e. The molecule has 0 unspecified atom stereocenters. The van der Waals surface area contributed by atoms with Gasteiger partial charge in [-0.1, -0.05) is 18.5 Å². The van der Waals surface area contributed by atoms with Gasteiger partial charge in [0.15, 0.2) is 5.65 Å². The minimum absolute atomic E-state index is 0.467. The maximum atomic E-state index is 6.03. The Labute approximate surface area is 105 Å². The molecule has 1 fully saturated rings. The fraction of sp³-hybridized carbons (Fsp3) is 0.583. The molecule has 1 aliphatic carbocycles. The van der Waals surface area contributed by atoms with E-state index >= 15 is 0 Å². The normalized spacial score (nSPS) is 25.3. The maximum absolute atomic E-state index is 6.03. The van der Waals surface area contributed by atoms with Gasteiger partial charge in [0.05, 0.1) is 17.6 Å². The summed E-state index contributed by atoms with van der Waals surface area (Å²) >= 11 is 6.03. The van der Waals surface area contributed by atoms with Crippen LogP contribution in [-0.4, -0.2) is 19.7 Å². The zero-order chi connectivity index (χ0) is 11.8. The third-order valence-corrected chi connectivity index (χ3v) is 3.97. The summed E-state index contributed by atoms with van der Waals surface area (Å²) in [7, 11) is 0. The van der Waals surface area contributed by atoms with Crippen molar-refractivity contribution in [3.8, 4) is 0 Å². The predicted octanol–water partition coefficient (Wildman–Crippen LogP) is 3.23. The molecule has 2 aromatic rings. The Morgan fingerprint density at radius 2 is 2.00 bits per heavy atom. The molecule has 0 bridgehead atoms. The molecule has 0 aromatic carbocycles. The summed E-state index contributed by atoms with van der Waals surface area (Å²) in [5.74, 6) is 0.839. The first kappa shape index (κ1) is 11.0. The van der Waals surface area contributed by atoms with E-state index in [1.807, 2.05) is 4.68 Å². The van der Waals surface area contributed by atoms with E-state index in [1.54, 1.807) is 6.20 Å². The van der Waals surface area contributed by atoms with E-state index in [1.165, 1.54) is 32.0 Å². The van der Waals surface area contributed by atoms with Gasteiger partial charge in [-0.3, -0.25) is 0 Å². The lowest BCUT2D eigenvalue weighted by Gasteiger charge is -2.26. The Bertz CT molecular complexity index is 528. The fourth-order valence-electron chi connectivity index (χ4n) is 2.59. The first-order valence-electron chi connectivity index (χ1n) is 6.09. The molecule has 0 atom stereocenters. The van der Waals surface area contributed by atoms with Crippen molar-refractivity contribution in [2.45, 2.75) is 38.6 Å². The lowest BCUT2D eigenvalue weighted by molar-refractivity contribution is 0.278. The average Bonchev–Trinajstić information content (AvgIpc) is 2.75. The molecule has 90 valence electrons. The summed E-state index contributed by atoms with van der Waals surface area (Å²) < 4.78 is 2.02. The van der Waals surface area contributed by atoms with Crippen molar-refractivity contribution in [3.05, 3.63) is 17.7 Å². The minimum atomic E-state index is 0.467. The van der Waals surface area contributed by atoms with Crippen LogP contribution >= 0.6 is 11.6 Å². The van der Waals surface area contributed by atoms with Gasteiger partial charge in [0.25, 0.3) is 0 Å². The summed E-state index contributed by atoms with van der Waals surface area (Å²) in [6.07, 6.45) is 8.18. The third kappa shape index (κ3) is 1.90. The standard InChI is InChI=1S/C12H15ClN4/c1-8-2-4-9(5-3-8)17-12-10(6-16-17)11(13)14-7-15-12/h6-9H,2-5H2,1H3. The highest BCUT2D eigenvalue weighted by atomic mass is 35.5. The summed E-state index contributed by atoms with van der Waals surface area (Å²) in [4.78, 5) is 8.28. The lowest BCUT2D eigenvalue weighted by Crippen LogP contribution is -2.18. The van der Waals surface area contributed by atoms with E-state index in [9.17, 15) is 0 Å². The van der Waals surface area contributed by atoms with Crippen LogP contribution in [0.3, 0.4) is 0 Å². The first-order valence-corrected chi connectivity index (χ1v) is 6.47. The zero-order valence-corrected chi connectivity index (χ0v) is 10.6. The Morgan fingerprint density at radius 3 is 2.76 bits per heavy atom. The molecule has 0 spiro atoms. The second-order valence-electron chi connectivity index (χ2n) is 4.90. The molecule has 4 nitrogen and oxygen atoms in total. The molecule has 17 heavy (non-hydrogen) atoms. The Kier molecular flexibility index (Phi) is 2.74. The van der Waals surface area contributed by atoms with Crippen LogP contribution in [0, 0.1) is 5.92 Å². The maximum Gasteiger partial charge on any atom is 0.162 e. The zero-order valence-electron chi connectivity index (χ0n) is 9.80. The Morgan fingerprint density at radius 1 is 1.24 bits per heavy atom. The third-order valence-electron chi connectivity index (χ3n) is 3.67. The van der Waals surface area contributed by atoms with Gasteiger partial charge in [-0.25, -0.2) is 14.6 Å². The molecule has 0 aliphatic heterocycles. The van der Waals surface area contributed by atoms with Gasteiger partial charge in [-0.2, -0.15) is 5.10 Å². The molecule has 0 amide bonds. The van der Waals surface area contributed by atoms with Crippen molar-refractivity contribution < 1.29 is 0 Å². The average molecular weight is 251 g/mol. The van der Waals surface area contributed by atoms with Gasteiger partial charge in [0.2, 0.25) is 0 Å². The van der Waals surface area contributed by atoms with E-state index in [0.29, 0.717) is 11.2 Å². The molecule has 0 radical (unpaired) electrons. The second-order valence-corrected chi connectivity index (χ2v) is 5.26. The van der Waals surface area contributed by atoms with Crippen LogP contribution in [0.25, 0.3) is 11.0 Å². The summed E-state index contributed by atoms with van der Waals surface area (Å²) in [5, 5.41) is 5.78. The molecular weight excluding hydrogens is 236 g/mol. The van der Waals surface area contributed by atoms with E-state index in [-0.39, 0.29) is 0 Å². The van der Waals surface area contributed by atoms with Gasteiger partial charge in [0.1, 0.15) is 11.5 Å². The predicted molar refractivity (Wildman–Crippen MR) is 67.0 cm³/mol. The summed E-state index contributed by atoms with van der Waals surface area (Å²) in [6, 6.07) is 0.467. The molecule has 1 aliphatic rings. The smallest absolute Gasteiger partial charge is 0.162 e. The van der Waals surface area contributed by atoms with Crippen molar-refractivity contribution >= 4 is 22.6 Å². The number of fused-ring (bicyclic) bond motifs is 1. The number of nitrogens with zero attached hydrogens (tertiary/aromatic N) is 4. The molecule has 3 rings (SSSR count). The number of halogens is 1. The molecule has 0 N–H and O–H groups in total. The SMILES string of the molecule is CC1CCC(n2ncc3c(Cl)ncnc32)CC1.